The van der Waals surface area contributed by atoms with Crippen molar-refractivity contribution in [1.82, 2.24) is 4.90 Å². The van der Waals surface area contributed by atoms with E-state index in [-0.39, 0.29) is 12.5 Å². The van der Waals surface area contributed by atoms with Gasteiger partial charge in [0.15, 0.2) is 0 Å². The molecule has 0 heterocycles. The first-order valence-corrected chi connectivity index (χ1v) is 7.08. The fraction of sp³-hybridized carbons (Fsp3) is 0.909. The quantitative estimate of drug-likeness (QED) is 0.753. The first-order valence-electron chi connectivity index (χ1n) is 5.69. The van der Waals surface area contributed by atoms with Crippen molar-refractivity contribution in [3.05, 3.63) is 0 Å². The highest BCUT2D eigenvalue weighted by molar-refractivity contribution is 7.98. The molecular weight excluding hydrogens is 210 g/mol. The molecule has 0 aliphatic heterocycles. The number of carbonyl (C=O) groups is 1. The Morgan fingerprint density at radius 2 is 2.13 bits per heavy atom. The average Bonchev–Trinajstić information content (AvgIpc) is 2.75. The molecule has 15 heavy (non-hydrogen) atoms. The van der Waals surface area contributed by atoms with E-state index in [1.54, 1.807) is 11.8 Å². The summed E-state index contributed by atoms with van der Waals surface area (Å²) in [5.74, 6) is 1.10. The molecule has 88 valence electrons. The second-order valence-electron chi connectivity index (χ2n) is 3.99. The summed E-state index contributed by atoms with van der Waals surface area (Å²) >= 11 is 1.70. The van der Waals surface area contributed by atoms with Crippen molar-refractivity contribution in [1.29, 1.82) is 0 Å². The monoisotopic (exact) mass is 231 g/mol. The van der Waals surface area contributed by atoms with Crippen LogP contribution >= 0.6 is 11.8 Å². The Balaban J connectivity index is 2.43. The van der Waals surface area contributed by atoms with Gasteiger partial charge in [0, 0.05) is 24.8 Å². The number of carbonyl (C=O) groups excluding carboxylic acids is 1. The highest BCUT2D eigenvalue weighted by Gasteiger charge is 2.25. The van der Waals surface area contributed by atoms with Gasteiger partial charge in [-0.25, -0.2) is 0 Å². The fourth-order valence-electron chi connectivity index (χ4n) is 2.17. The Kier molecular flexibility index (Phi) is 6.10. The van der Waals surface area contributed by atoms with Gasteiger partial charge in [-0.2, -0.15) is 11.8 Å². The van der Waals surface area contributed by atoms with Gasteiger partial charge in [0.25, 0.3) is 0 Å². The van der Waals surface area contributed by atoms with Crippen molar-refractivity contribution in [3.8, 4) is 0 Å². The summed E-state index contributed by atoms with van der Waals surface area (Å²) < 4.78 is 0. The maximum atomic E-state index is 11.9. The van der Waals surface area contributed by atoms with Gasteiger partial charge in [0.05, 0.1) is 6.61 Å². The van der Waals surface area contributed by atoms with Crippen LogP contribution in [0.4, 0.5) is 0 Å². The molecule has 0 radical (unpaired) electrons. The third-order valence-corrected chi connectivity index (χ3v) is 3.56. The van der Waals surface area contributed by atoms with Crippen LogP contribution in [0.25, 0.3) is 0 Å². The fourth-order valence-corrected chi connectivity index (χ4v) is 2.55. The predicted octanol–water partition coefficient (Wildman–Crippen LogP) is 1.50. The van der Waals surface area contributed by atoms with Crippen molar-refractivity contribution in [2.75, 3.05) is 25.2 Å². The molecule has 0 atom stereocenters. The number of hydrogen-bond acceptors (Lipinski definition) is 3. The molecule has 1 N–H and O–H groups in total. The number of amides is 1. The normalized spacial score (nSPS) is 16.9. The van der Waals surface area contributed by atoms with Gasteiger partial charge in [0.1, 0.15) is 0 Å². The van der Waals surface area contributed by atoms with E-state index >= 15 is 0 Å². The van der Waals surface area contributed by atoms with E-state index in [1.807, 2.05) is 11.2 Å². The molecule has 0 aromatic heterocycles. The summed E-state index contributed by atoms with van der Waals surface area (Å²) in [6.45, 7) is 0.597. The van der Waals surface area contributed by atoms with Crippen molar-refractivity contribution in [3.63, 3.8) is 0 Å². The molecule has 1 aliphatic rings. The highest BCUT2D eigenvalue weighted by atomic mass is 32.2. The zero-order valence-corrected chi connectivity index (χ0v) is 10.3. The lowest BCUT2D eigenvalue weighted by Crippen LogP contribution is -2.40. The standard InChI is InChI=1S/C11H21NO2S/c1-15-9-6-11(14)12(7-8-13)10-4-2-3-5-10/h10,13H,2-9H2,1H3. The van der Waals surface area contributed by atoms with E-state index in [0.29, 0.717) is 19.0 Å². The summed E-state index contributed by atoms with van der Waals surface area (Å²) in [4.78, 5) is 13.8. The predicted molar refractivity (Wildman–Crippen MR) is 64.1 cm³/mol. The molecule has 0 unspecified atom stereocenters. The topological polar surface area (TPSA) is 40.5 Å². The van der Waals surface area contributed by atoms with Gasteiger partial charge in [-0.15, -0.1) is 0 Å². The van der Waals surface area contributed by atoms with Gasteiger partial charge in [-0.05, 0) is 19.1 Å². The number of thioether (sulfide) groups is 1. The van der Waals surface area contributed by atoms with Crippen LogP contribution < -0.4 is 0 Å². The van der Waals surface area contributed by atoms with Crippen molar-refractivity contribution >= 4 is 17.7 Å². The maximum absolute atomic E-state index is 11.9. The lowest BCUT2D eigenvalue weighted by Gasteiger charge is -2.28. The molecule has 1 amide bonds. The van der Waals surface area contributed by atoms with Crippen LogP contribution in [0.1, 0.15) is 32.1 Å². The molecule has 1 fully saturated rings. The maximum Gasteiger partial charge on any atom is 0.223 e. The molecule has 1 aliphatic carbocycles. The third-order valence-electron chi connectivity index (χ3n) is 2.95. The molecule has 0 aromatic carbocycles. The van der Waals surface area contributed by atoms with Crippen molar-refractivity contribution in [2.45, 2.75) is 38.1 Å². The SMILES string of the molecule is CSCCC(=O)N(CCO)C1CCCC1. The zero-order chi connectivity index (χ0) is 11.1. The summed E-state index contributed by atoms with van der Waals surface area (Å²) in [7, 11) is 0. The lowest BCUT2D eigenvalue weighted by molar-refractivity contribution is -0.133. The smallest absolute Gasteiger partial charge is 0.223 e. The van der Waals surface area contributed by atoms with E-state index in [0.717, 1.165) is 18.6 Å². The second kappa shape index (κ2) is 7.12. The summed E-state index contributed by atoms with van der Waals surface area (Å²) in [6.07, 6.45) is 7.30. The summed E-state index contributed by atoms with van der Waals surface area (Å²) in [6, 6.07) is 0.395. The largest absolute Gasteiger partial charge is 0.395 e. The highest BCUT2D eigenvalue weighted by Crippen LogP contribution is 2.23. The minimum atomic E-state index is 0.0848. The number of hydrogen-bond donors (Lipinski definition) is 1. The molecule has 4 heteroatoms. The third kappa shape index (κ3) is 4.03. The Labute approximate surface area is 96.2 Å². The van der Waals surface area contributed by atoms with Gasteiger partial charge in [-0.1, -0.05) is 12.8 Å². The molecular formula is C11H21NO2S. The minimum absolute atomic E-state index is 0.0848. The number of aliphatic hydroxyl groups excluding tert-OH is 1. The molecule has 1 rings (SSSR count). The summed E-state index contributed by atoms with van der Waals surface area (Å²) in [5.41, 5.74) is 0. The average molecular weight is 231 g/mol. The van der Waals surface area contributed by atoms with Gasteiger partial charge < -0.3 is 10.0 Å². The summed E-state index contributed by atoms with van der Waals surface area (Å²) in [5, 5.41) is 8.97. The minimum Gasteiger partial charge on any atom is -0.395 e. The van der Waals surface area contributed by atoms with E-state index in [1.165, 1.54) is 12.8 Å². The lowest BCUT2D eigenvalue weighted by atomic mass is 10.2. The van der Waals surface area contributed by atoms with Crippen LogP contribution in [0.2, 0.25) is 0 Å². The molecule has 0 spiro atoms. The Hall–Kier alpha value is -0.220. The first-order chi connectivity index (χ1) is 7.29. The van der Waals surface area contributed by atoms with Crippen molar-refractivity contribution in [2.24, 2.45) is 0 Å². The van der Waals surface area contributed by atoms with Crippen LogP contribution in [0.5, 0.6) is 0 Å². The van der Waals surface area contributed by atoms with Crippen LogP contribution in [-0.2, 0) is 4.79 Å². The van der Waals surface area contributed by atoms with Crippen LogP contribution in [-0.4, -0.2) is 47.1 Å². The zero-order valence-electron chi connectivity index (χ0n) is 9.45. The van der Waals surface area contributed by atoms with E-state index < -0.39 is 0 Å². The number of rotatable bonds is 6. The first kappa shape index (κ1) is 12.8. The van der Waals surface area contributed by atoms with E-state index in [9.17, 15) is 4.79 Å². The van der Waals surface area contributed by atoms with Gasteiger partial charge in [-0.3, -0.25) is 4.79 Å². The second-order valence-corrected chi connectivity index (χ2v) is 4.98. The number of aliphatic hydroxyl groups is 1. The molecule has 0 bridgehead atoms. The van der Waals surface area contributed by atoms with Crippen LogP contribution in [0.3, 0.4) is 0 Å². The molecule has 0 aromatic rings. The Morgan fingerprint density at radius 1 is 1.47 bits per heavy atom. The molecule has 0 saturated heterocycles. The van der Waals surface area contributed by atoms with Crippen LogP contribution in [0.15, 0.2) is 0 Å². The van der Waals surface area contributed by atoms with Crippen LogP contribution in [0, 0.1) is 0 Å². The number of nitrogens with zero attached hydrogens (tertiary/aromatic N) is 1. The Morgan fingerprint density at radius 3 is 2.67 bits per heavy atom. The molecule has 3 nitrogen and oxygen atoms in total. The molecule has 1 saturated carbocycles. The Bertz CT molecular complexity index is 193. The van der Waals surface area contributed by atoms with Crippen molar-refractivity contribution < 1.29 is 9.90 Å². The van der Waals surface area contributed by atoms with Gasteiger partial charge >= 0.3 is 0 Å². The van der Waals surface area contributed by atoms with E-state index in [4.69, 9.17) is 5.11 Å². The van der Waals surface area contributed by atoms with E-state index in [2.05, 4.69) is 0 Å². The van der Waals surface area contributed by atoms with Gasteiger partial charge in [0.2, 0.25) is 5.91 Å².